The maximum absolute atomic E-state index is 10.5. The molecule has 0 saturated carbocycles. The Morgan fingerprint density at radius 3 is 2.40 bits per heavy atom. The predicted octanol–water partition coefficient (Wildman–Crippen LogP) is 3.18. The zero-order chi connectivity index (χ0) is 11.3. The number of rotatable bonds is 4. The molecule has 0 aliphatic rings. The average molecular weight is 224 g/mol. The first-order valence-corrected chi connectivity index (χ1v) is 5.19. The predicted molar refractivity (Wildman–Crippen MR) is 64.1 cm³/mol. The highest BCUT2D eigenvalue weighted by Gasteiger charge is 2.07. The van der Waals surface area contributed by atoms with Gasteiger partial charge in [0.25, 0.3) is 0 Å². The molecule has 15 heavy (non-hydrogen) atoms. The summed E-state index contributed by atoms with van der Waals surface area (Å²) in [5.41, 5.74) is 1.02. The molecule has 2 nitrogen and oxygen atoms in total. The molecule has 0 spiro atoms. The van der Waals surface area contributed by atoms with Crippen LogP contribution in [0.5, 0.6) is 0 Å². The molecule has 0 bridgehead atoms. The van der Waals surface area contributed by atoms with Gasteiger partial charge in [0.1, 0.15) is 0 Å². The number of anilines is 1. The standard InChI is InChI=1S/C12H14ClNO/c1-10(2)14(8-11(13)9-15)12-6-4-3-5-7-12/h3-10H,1-2H3/b11-8-. The van der Waals surface area contributed by atoms with Gasteiger partial charge in [-0.05, 0) is 26.0 Å². The molecule has 0 N–H and O–H groups in total. The quantitative estimate of drug-likeness (QED) is 0.577. The second-order valence-electron chi connectivity index (χ2n) is 3.47. The highest BCUT2D eigenvalue weighted by molar-refractivity contribution is 6.38. The largest absolute Gasteiger partial charge is 0.344 e. The van der Waals surface area contributed by atoms with Crippen LogP contribution in [0.4, 0.5) is 5.69 Å². The molecule has 0 saturated heterocycles. The smallest absolute Gasteiger partial charge is 0.162 e. The van der Waals surface area contributed by atoms with Crippen molar-refractivity contribution < 1.29 is 4.79 Å². The van der Waals surface area contributed by atoms with Crippen molar-refractivity contribution >= 4 is 23.6 Å². The lowest BCUT2D eigenvalue weighted by Crippen LogP contribution is -2.25. The number of para-hydroxylation sites is 1. The lowest BCUT2D eigenvalue weighted by molar-refractivity contribution is -0.104. The van der Waals surface area contributed by atoms with E-state index in [-0.39, 0.29) is 11.1 Å². The number of nitrogens with zero attached hydrogens (tertiary/aromatic N) is 1. The summed E-state index contributed by atoms with van der Waals surface area (Å²) >= 11 is 5.71. The summed E-state index contributed by atoms with van der Waals surface area (Å²) in [5.74, 6) is 0. The highest BCUT2D eigenvalue weighted by atomic mass is 35.5. The molecule has 0 heterocycles. The van der Waals surface area contributed by atoms with Gasteiger partial charge >= 0.3 is 0 Å². The minimum Gasteiger partial charge on any atom is -0.344 e. The van der Waals surface area contributed by atoms with Crippen LogP contribution in [-0.4, -0.2) is 12.3 Å². The van der Waals surface area contributed by atoms with Gasteiger partial charge in [-0.2, -0.15) is 0 Å². The van der Waals surface area contributed by atoms with Crippen LogP contribution in [-0.2, 0) is 4.79 Å². The Balaban J connectivity index is 2.99. The molecule has 0 fully saturated rings. The van der Waals surface area contributed by atoms with Crippen LogP contribution in [0.25, 0.3) is 0 Å². The number of hydrogen-bond donors (Lipinski definition) is 0. The first kappa shape index (κ1) is 11.8. The van der Waals surface area contributed by atoms with Crippen LogP contribution in [0, 0.1) is 0 Å². The summed E-state index contributed by atoms with van der Waals surface area (Å²) in [6.07, 6.45) is 2.29. The van der Waals surface area contributed by atoms with Crippen LogP contribution < -0.4 is 4.90 Å². The van der Waals surface area contributed by atoms with Crippen LogP contribution in [0.2, 0.25) is 0 Å². The highest BCUT2D eigenvalue weighted by Crippen LogP contribution is 2.18. The molecule has 0 aliphatic heterocycles. The first-order valence-electron chi connectivity index (χ1n) is 4.81. The Bertz CT molecular complexity index is 346. The van der Waals surface area contributed by atoms with Crippen molar-refractivity contribution in [3.05, 3.63) is 41.6 Å². The molecule has 1 rings (SSSR count). The molecule has 0 unspecified atom stereocenters. The van der Waals surface area contributed by atoms with Gasteiger partial charge < -0.3 is 4.90 Å². The Hall–Kier alpha value is -1.28. The third kappa shape index (κ3) is 3.40. The number of aldehydes is 1. The molecular formula is C12H14ClNO. The summed E-state index contributed by atoms with van der Waals surface area (Å²) in [6, 6.07) is 10.1. The fourth-order valence-electron chi connectivity index (χ4n) is 1.29. The fraction of sp³-hybridized carbons (Fsp3) is 0.250. The van der Waals surface area contributed by atoms with Crippen molar-refractivity contribution in [3.8, 4) is 0 Å². The van der Waals surface area contributed by atoms with Crippen molar-refractivity contribution in [2.45, 2.75) is 19.9 Å². The van der Waals surface area contributed by atoms with Crippen molar-refractivity contribution in [3.63, 3.8) is 0 Å². The Morgan fingerprint density at radius 2 is 1.93 bits per heavy atom. The molecule has 3 heteroatoms. The lowest BCUT2D eigenvalue weighted by atomic mass is 10.2. The first-order chi connectivity index (χ1) is 7.15. The second kappa shape index (κ2) is 5.56. The fourth-order valence-corrected chi connectivity index (χ4v) is 1.39. The lowest BCUT2D eigenvalue weighted by Gasteiger charge is -2.25. The SMILES string of the molecule is CC(C)N(/C=C(\Cl)C=O)c1ccccc1. The van der Waals surface area contributed by atoms with Crippen molar-refractivity contribution in [1.82, 2.24) is 0 Å². The maximum Gasteiger partial charge on any atom is 0.162 e. The van der Waals surface area contributed by atoms with Crippen LogP contribution >= 0.6 is 11.6 Å². The van der Waals surface area contributed by atoms with E-state index in [4.69, 9.17) is 11.6 Å². The zero-order valence-corrected chi connectivity index (χ0v) is 9.61. The third-order valence-corrected chi connectivity index (χ3v) is 2.17. The summed E-state index contributed by atoms with van der Waals surface area (Å²) in [4.78, 5) is 12.4. The van der Waals surface area contributed by atoms with E-state index in [0.717, 1.165) is 5.69 Å². The zero-order valence-electron chi connectivity index (χ0n) is 8.85. The molecule has 1 aromatic rings. The van der Waals surface area contributed by atoms with Gasteiger partial charge in [0, 0.05) is 17.9 Å². The summed E-state index contributed by atoms with van der Waals surface area (Å²) < 4.78 is 0. The average Bonchev–Trinajstić information content (AvgIpc) is 2.26. The minimum absolute atomic E-state index is 0.201. The van der Waals surface area contributed by atoms with Crippen molar-refractivity contribution in [2.24, 2.45) is 0 Å². The molecule has 0 aliphatic carbocycles. The van der Waals surface area contributed by atoms with Gasteiger partial charge in [-0.1, -0.05) is 29.8 Å². The normalized spacial score (nSPS) is 11.6. The summed E-state index contributed by atoms with van der Waals surface area (Å²) in [7, 11) is 0. The molecule has 1 aromatic carbocycles. The number of carbonyl (C=O) groups excluding carboxylic acids is 1. The van der Waals surface area contributed by atoms with E-state index < -0.39 is 0 Å². The van der Waals surface area contributed by atoms with Gasteiger partial charge in [0.15, 0.2) is 6.29 Å². The van der Waals surface area contributed by atoms with Crippen molar-refractivity contribution in [1.29, 1.82) is 0 Å². The van der Waals surface area contributed by atoms with Gasteiger partial charge in [-0.3, -0.25) is 4.79 Å². The Kier molecular flexibility index (Phi) is 4.37. The molecule has 80 valence electrons. The van der Waals surface area contributed by atoms with Crippen LogP contribution in [0.1, 0.15) is 13.8 Å². The van der Waals surface area contributed by atoms with E-state index in [1.165, 1.54) is 0 Å². The number of halogens is 1. The monoisotopic (exact) mass is 223 g/mol. The maximum atomic E-state index is 10.5. The minimum atomic E-state index is 0.201. The van der Waals surface area contributed by atoms with E-state index in [9.17, 15) is 4.79 Å². The summed E-state index contributed by atoms with van der Waals surface area (Å²) in [6.45, 7) is 4.08. The molecule has 0 atom stereocenters. The van der Waals surface area contributed by atoms with E-state index in [1.807, 2.05) is 49.1 Å². The van der Waals surface area contributed by atoms with Crippen LogP contribution in [0.15, 0.2) is 41.6 Å². The number of allylic oxidation sites excluding steroid dienone is 1. The van der Waals surface area contributed by atoms with Gasteiger partial charge in [-0.25, -0.2) is 0 Å². The number of carbonyl (C=O) groups is 1. The van der Waals surface area contributed by atoms with E-state index >= 15 is 0 Å². The van der Waals surface area contributed by atoms with E-state index in [2.05, 4.69) is 0 Å². The Labute approximate surface area is 95.2 Å². The molecule has 0 amide bonds. The molecular weight excluding hydrogens is 210 g/mol. The number of hydrogen-bond acceptors (Lipinski definition) is 2. The van der Waals surface area contributed by atoms with Crippen molar-refractivity contribution in [2.75, 3.05) is 4.90 Å². The van der Waals surface area contributed by atoms with Gasteiger partial charge in [-0.15, -0.1) is 0 Å². The second-order valence-corrected chi connectivity index (χ2v) is 3.90. The van der Waals surface area contributed by atoms with Gasteiger partial charge in [0.05, 0.1) is 5.03 Å². The third-order valence-electron chi connectivity index (χ3n) is 1.99. The molecule has 0 aromatic heterocycles. The molecule has 0 radical (unpaired) electrons. The van der Waals surface area contributed by atoms with Gasteiger partial charge in [0.2, 0.25) is 0 Å². The Morgan fingerprint density at radius 1 is 1.33 bits per heavy atom. The van der Waals surface area contributed by atoms with E-state index in [1.54, 1.807) is 6.20 Å². The summed E-state index contributed by atoms with van der Waals surface area (Å²) in [5, 5.41) is 0.201. The topological polar surface area (TPSA) is 20.3 Å². The van der Waals surface area contributed by atoms with Crippen LogP contribution in [0.3, 0.4) is 0 Å². The van der Waals surface area contributed by atoms with E-state index in [0.29, 0.717) is 6.29 Å². The number of benzene rings is 1.